The van der Waals surface area contributed by atoms with Crippen LogP contribution >= 0.6 is 0 Å². The molecule has 0 radical (unpaired) electrons. The summed E-state index contributed by atoms with van der Waals surface area (Å²) in [7, 11) is -7.93. The van der Waals surface area contributed by atoms with Crippen LogP contribution in [0.5, 0.6) is 0 Å². The highest BCUT2D eigenvalue weighted by Crippen LogP contribution is 2.32. The molecule has 0 spiro atoms. The lowest BCUT2D eigenvalue weighted by Gasteiger charge is -2.29. The van der Waals surface area contributed by atoms with Crippen molar-refractivity contribution in [3.05, 3.63) is 132 Å². The van der Waals surface area contributed by atoms with Crippen LogP contribution in [0, 0.1) is 0 Å². The quantitative estimate of drug-likeness (QED) is 0.362. The average molecular weight is 493 g/mol. The van der Waals surface area contributed by atoms with Crippen LogP contribution in [0.15, 0.2) is 131 Å². The first-order valence-electron chi connectivity index (χ1n) is 10.6. The zero-order valence-electron chi connectivity index (χ0n) is 18.2. The Morgan fingerprint density at radius 1 is 0.412 bits per heavy atom. The average Bonchev–Trinajstić information content (AvgIpc) is 2.88. The lowest BCUT2D eigenvalue weighted by molar-refractivity contribution is 0.466. The molecular formula is C26H24N2O4S2. The van der Waals surface area contributed by atoms with Crippen molar-refractivity contribution in [1.82, 2.24) is 9.44 Å². The van der Waals surface area contributed by atoms with Gasteiger partial charge in [-0.1, -0.05) is 97.1 Å². The number of rotatable bonds is 9. The second-order valence-electron chi connectivity index (χ2n) is 7.65. The molecule has 4 aromatic rings. The van der Waals surface area contributed by atoms with Crippen molar-refractivity contribution in [2.45, 2.75) is 21.9 Å². The van der Waals surface area contributed by atoms with Gasteiger partial charge in [-0.05, 0) is 35.4 Å². The monoisotopic (exact) mass is 492 g/mol. The second-order valence-corrected chi connectivity index (χ2v) is 11.1. The van der Waals surface area contributed by atoms with Crippen molar-refractivity contribution in [2.24, 2.45) is 0 Å². The Labute approximate surface area is 200 Å². The van der Waals surface area contributed by atoms with E-state index in [9.17, 15) is 16.8 Å². The van der Waals surface area contributed by atoms with E-state index in [4.69, 9.17) is 0 Å². The van der Waals surface area contributed by atoms with E-state index in [2.05, 4.69) is 9.44 Å². The van der Waals surface area contributed by atoms with Crippen LogP contribution in [-0.2, 0) is 20.0 Å². The molecule has 0 aromatic heterocycles. The molecular weight excluding hydrogens is 468 g/mol. The number of hydrogen-bond donors (Lipinski definition) is 2. The van der Waals surface area contributed by atoms with Crippen molar-refractivity contribution in [1.29, 1.82) is 0 Å². The van der Waals surface area contributed by atoms with Crippen LogP contribution in [-0.4, -0.2) is 16.8 Å². The molecule has 0 aliphatic rings. The lowest BCUT2D eigenvalue weighted by Crippen LogP contribution is -2.40. The lowest BCUT2D eigenvalue weighted by atomic mass is 9.95. The zero-order chi connectivity index (χ0) is 24.0. The molecule has 2 unspecified atom stereocenters. The molecule has 0 fully saturated rings. The standard InChI is InChI=1S/C26H24N2O4S2/c29-33(30,23-17-9-3-10-18-23)27-25(21-13-5-1-6-14-21)26(22-15-7-2-8-16-22)28-34(31,32)24-19-11-4-12-20-24/h1-20,25-28H. The Balaban J connectivity index is 1.82. The molecule has 4 aromatic carbocycles. The van der Waals surface area contributed by atoms with Gasteiger partial charge in [-0.3, -0.25) is 0 Å². The van der Waals surface area contributed by atoms with E-state index in [-0.39, 0.29) is 9.79 Å². The summed E-state index contributed by atoms with van der Waals surface area (Å²) >= 11 is 0. The number of nitrogens with one attached hydrogen (secondary N) is 2. The van der Waals surface area contributed by atoms with Gasteiger partial charge in [-0.2, -0.15) is 0 Å². The summed E-state index contributed by atoms with van der Waals surface area (Å²) in [6.45, 7) is 0. The maximum Gasteiger partial charge on any atom is 0.241 e. The second kappa shape index (κ2) is 10.3. The molecule has 6 nitrogen and oxygen atoms in total. The van der Waals surface area contributed by atoms with Gasteiger partial charge in [-0.25, -0.2) is 26.3 Å². The highest BCUT2D eigenvalue weighted by Gasteiger charge is 2.33. The summed E-state index contributed by atoms with van der Waals surface area (Å²) in [5.74, 6) is 0. The Bertz CT molecular complexity index is 1300. The molecule has 2 atom stereocenters. The summed E-state index contributed by atoms with van der Waals surface area (Å²) in [5, 5.41) is 0. The normalized spacial score (nSPS) is 13.8. The molecule has 8 heteroatoms. The van der Waals surface area contributed by atoms with Gasteiger partial charge in [-0.15, -0.1) is 0 Å². The number of hydrogen-bond acceptors (Lipinski definition) is 4. The summed E-state index contributed by atoms with van der Waals surface area (Å²) in [5.41, 5.74) is 1.23. The van der Waals surface area contributed by atoms with Crippen LogP contribution in [0.25, 0.3) is 0 Å². The van der Waals surface area contributed by atoms with Crippen LogP contribution in [0.1, 0.15) is 23.2 Å². The minimum Gasteiger partial charge on any atom is -0.207 e. The van der Waals surface area contributed by atoms with E-state index in [0.29, 0.717) is 11.1 Å². The third-order valence-corrected chi connectivity index (χ3v) is 8.24. The summed E-state index contributed by atoms with van der Waals surface area (Å²) in [4.78, 5) is 0.183. The molecule has 34 heavy (non-hydrogen) atoms. The molecule has 0 heterocycles. The minimum atomic E-state index is -3.97. The fourth-order valence-corrected chi connectivity index (χ4v) is 6.16. The van der Waals surface area contributed by atoms with Crippen molar-refractivity contribution in [3.63, 3.8) is 0 Å². The third-order valence-electron chi connectivity index (χ3n) is 5.32. The van der Waals surface area contributed by atoms with Crippen LogP contribution in [0.4, 0.5) is 0 Å². The van der Waals surface area contributed by atoms with E-state index in [1.807, 2.05) is 12.1 Å². The molecule has 174 valence electrons. The summed E-state index contributed by atoms with van der Waals surface area (Å²) in [6.07, 6.45) is 0. The van der Waals surface area contributed by atoms with Gasteiger partial charge in [0.1, 0.15) is 0 Å². The summed E-state index contributed by atoms with van der Waals surface area (Å²) < 4.78 is 58.7. The largest absolute Gasteiger partial charge is 0.241 e. The molecule has 0 bridgehead atoms. The topological polar surface area (TPSA) is 92.3 Å². The molecule has 2 N–H and O–H groups in total. The summed E-state index contributed by atoms with van der Waals surface area (Å²) in [6, 6.07) is 32.0. The highest BCUT2D eigenvalue weighted by atomic mass is 32.2. The first-order chi connectivity index (χ1) is 16.4. The number of benzene rings is 4. The van der Waals surface area contributed by atoms with E-state index in [0.717, 1.165) is 0 Å². The van der Waals surface area contributed by atoms with E-state index in [1.54, 1.807) is 84.9 Å². The molecule has 0 saturated heterocycles. The van der Waals surface area contributed by atoms with Gasteiger partial charge in [0.25, 0.3) is 0 Å². The Morgan fingerprint density at radius 2 is 0.676 bits per heavy atom. The van der Waals surface area contributed by atoms with Crippen molar-refractivity contribution in [2.75, 3.05) is 0 Å². The van der Waals surface area contributed by atoms with Crippen molar-refractivity contribution >= 4 is 20.0 Å². The molecule has 4 rings (SSSR count). The maximum absolute atomic E-state index is 13.3. The highest BCUT2D eigenvalue weighted by molar-refractivity contribution is 7.90. The predicted molar refractivity (Wildman–Crippen MR) is 132 cm³/mol. The van der Waals surface area contributed by atoms with Crippen molar-refractivity contribution in [3.8, 4) is 0 Å². The fourth-order valence-electron chi connectivity index (χ4n) is 3.65. The van der Waals surface area contributed by atoms with E-state index >= 15 is 0 Å². The van der Waals surface area contributed by atoms with Gasteiger partial charge in [0.15, 0.2) is 0 Å². The molecule has 0 aliphatic carbocycles. The van der Waals surface area contributed by atoms with Crippen LogP contribution in [0.2, 0.25) is 0 Å². The maximum atomic E-state index is 13.3. The Hall–Kier alpha value is -3.30. The van der Waals surface area contributed by atoms with E-state index < -0.39 is 32.1 Å². The van der Waals surface area contributed by atoms with Crippen LogP contribution in [0.3, 0.4) is 0 Å². The van der Waals surface area contributed by atoms with Crippen LogP contribution < -0.4 is 9.44 Å². The van der Waals surface area contributed by atoms with Gasteiger partial charge in [0, 0.05) is 0 Å². The molecule has 0 aliphatic heterocycles. The molecule has 0 amide bonds. The third kappa shape index (κ3) is 5.60. The van der Waals surface area contributed by atoms with Gasteiger partial charge in [0.05, 0.1) is 21.9 Å². The van der Waals surface area contributed by atoms with Crippen molar-refractivity contribution < 1.29 is 16.8 Å². The van der Waals surface area contributed by atoms with Gasteiger partial charge >= 0.3 is 0 Å². The predicted octanol–water partition coefficient (Wildman–Crippen LogP) is 4.43. The van der Waals surface area contributed by atoms with Gasteiger partial charge < -0.3 is 0 Å². The fraction of sp³-hybridized carbons (Fsp3) is 0.0769. The SMILES string of the molecule is O=S(=O)(NC(c1ccccc1)C(NS(=O)(=O)c1ccccc1)c1ccccc1)c1ccccc1. The van der Waals surface area contributed by atoms with Gasteiger partial charge in [0.2, 0.25) is 20.0 Å². The molecule has 0 saturated carbocycles. The first kappa shape index (κ1) is 23.8. The smallest absolute Gasteiger partial charge is 0.207 e. The van der Waals surface area contributed by atoms with E-state index in [1.165, 1.54) is 24.3 Å². The Kier molecular flexibility index (Phi) is 7.23. The minimum absolute atomic E-state index is 0.0914. The first-order valence-corrected chi connectivity index (χ1v) is 13.6. The Morgan fingerprint density at radius 3 is 0.971 bits per heavy atom. The zero-order valence-corrected chi connectivity index (χ0v) is 19.8. The number of sulfonamides is 2.